The van der Waals surface area contributed by atoms with E-state index >= 15 is 0 Å². The highest BCUT2D eigenvalue weighted by atomic mass is 15.2. The molecule has 0 saturated carbocycles. The van der Waals surface area contributed by atoms with Crippen LogP contribution in [0.3, 0.4) is 0 Å². The normalized spacial score (nSPS) is 12.7. The molecule has 0 aliphatic heterocycles. The maximum absolute atomic E-state index is 5.78. The topological polar surface area (TPSA) is 55.9 Å². The first-order valence-electron chi connectivity index (χ1n) is 7.03. The van der Waals surface area contributed by atoms with Gasteiger partial charge in [0.05, 0.1) is 0 Å². The molecule has 0 aliphatic rings. The van der Waals surface area contributed by atoms with Crippen molar-refractivity contribution in [1.82, 2.24) is 15.0 Å². The van der Waals surface area contributed by atoms with Crippen LogP contribution in [0.5, 0.6) is 0 Å². The molecule has 0 spiro atoms. The lowest BCUT2D eigenvalue weighted by Gasteiger charge is -2.21. The van der Waals surface area contributed by atoms with Crippen molar-refractivity contribution in [2.75, 3.05) is 0 Å². The second kappa shape index (κ2) is 6.20. The molecule has 0 bridgehead atoms. The quantitative estimate of drug-likeness (QED) is 0.649. The fourth-order valence-corrected chi connectivity index (χ4v) is 2.96. The van der Waals surface area contributed by atoms with Gasteiger partial charge in [-0.05, 0) is 43.9 Å². The summed E-state index contributed by atoms with van der Waals surface area (Å²) in [5.41, 5.74) is 8.16. The highest BCUT2D eigenvalue weighted by molar-refractivity contribution is 5.39. The largest absolute Gasteiger partial charge is 0.338 e. The summed E-state index contributed by atoms with van der Waals surface area (Å²) in [5.74, 6) is 6.87. The van der Waals surface area contributed by atoms with Gasteiger partial charge in [0.2, 0.25) is 0 Å². The summed E-state index contributed by atoms with van der Waals surface area (Å²) in [5, 5.41) is 0. The van der Waals surface area contributed by atoms with Crippen LogP contribution in [0.15, 0.2) is 24.5 Å². The Bertz CT molecular complexity index is 563. The van der Waals surface area contributed by atoms with Crippen LogP contribution in [-0.2, 0) is 13.5 Å². The van der Waals surface area contributed by atoms with Crippen LogP contribution < -0.4 is 11.3 Å². The van der Waals surface area contributed by atoms with Gasteiger partial charge in [0.25, 0.3) is 0 Å². The lowest BCUT2D eigenvalue weighted by Crippen LogP contribution is -2.29. The van der Waals surface area contributed by atoms with Crippen LogP contribution in [0.1, 0.15) is 40.5 Å². The number of nitrogens with two attached hydrogens (primary N) is 1. The molecule has 1 unspecified atom stereocenters. The Balaban J connectivity index is 2.18. The SMILES string of the molecule is Cc1cc(C)c(C(CCc2nccn2C)NN)c(C)c1. The third-order valence-corrected chi connectivity index (χ3v) is 3.87. The molecule has 0 saturated heterocycles. The summed E-state index contributed by atoms with van der Waals surface area (Å²) in [6.45, 7) is 6.43. The summed E-state index contributed by atoms with van der Waals surface area (Å²) in [7, 11) is 2.02. The van der Waals surface area contributed by atoms with Crippen molar-refractivity contribution in [2.45, 2.75) is 39.7 Å². The minimum absolute atomic E-state index is 0.160. The number of rotatable bonds is 5. The zero-order valence-corrected chi connectivity index (χ0v) is 12.8. The number of aromatic nitrogens is 2. The highest BCUT2D eigenvalue weighted by Gasteiger charge is 2.16. The second-order valence-corrected chi connectivity index (χ2v) is 5.52. The van der Waals surface area contributed by atoms with Crippen LogP contribution >= 0.6 is 0 Å². The number of hydrazine groups is 1. The predicted molar refractivity (Wildman–Crippen MR) is 82.2 cm³/mol. The molecule has 4 heteroatoms. The summed E-state index contributed by atoms with van der Waals surface area (Å²) in [6.07, 6.45) is 5.66. The zero-order chi connectivity index (χ0) is 14.7. The van der Waals surface area contributed by atoms with Crippen LogP contribution in [0.2, 0.25) is 0 Å². The number of benzene rings is 1. The molecule has 0 fully saturated rings. The van der Waals surface area contributed by atoms with Crippen molar-refractivity contribution in [3.8, 4) is 0 Å². The van der Waals surface area contributed by atoms with Crippen LogP contribution in [0, 0.1) is 20.8 Å². The molecule has 0 radical (unpaired) electrons. The molecule has 108 valence electrons. The Morgan fingerprint density at radius 2 is 1.90 bits per heavy atom. The fraction of sp³-hybridized carbons (Fsp3) is 0.438. The molecule has 4 nitrogen and oxygen atoms in total. The van der Waals surface area contributed by atoms with Crippen LogP contribution in [-0.4, -0.2) is 9.55 Å². The van der Waals surface area contributed by atoms with Crippen molar-refractivity contribution < 1.29 is 0 Å². The van der Waals surface area contributed by atoms with Gasteiger partial charge in [-0.1, -0.05) is 17.7 Å². The summed E-state index contributed by atoms with van der Waals surface area (Å²) >= 11 is 0. The first kappa shape index (κ1) is 14.8. The summed E-state index contributed by atoms with van der Waals surface area (Å²) in [4.78, 5) is 4.37. The van der Waals surface area contributed by atoms with E-state index in [0.29, 0.717) is 0 Å². The molecule has 1 aromatic heterocycles. The van der Waals surface area contributed by atoms with E-state index in [1.54, 1.807) is 0 Å². The summed E-state index contributed by atoms with van der Waals surface area (Å²) in [6, 6.07) is 4.59. The van der Waals surface area contributed by atoms with Crippen molar-refractivity contribution in [3.05, 3.63) is 52.6 Å². The van der Waals surface area contributed by atoms with E-state index in [-0.39, 0.29) is 6.04 Å². The number of hydrogen-bond donors (Lipinski definition) is 2. The Labute approximate surface area is 121 Å². The first-order valence-corrected chi connectivity index (χ1v) is 7.03. The third kappa shape index (κ3) is 3.08. The molecule has 1 atom stereocenters. The fourth-order valence-electron chi connectivity index (χ4n) is 2.96. The zero-order valence-electron chi connectivity index (χ0n) is 12.8. The number of imidazole rings is 1. The number of nitrogens with one attached hydrogen (secondary N) is 1. The van der Waals surface area contributed by atoms with Crippen molar-refractivity contribution in [3.63, 3.8) is 0 Å². The van der Waals surface area contributed by atoms with Gasteiger partial charge in [-0.3, -0.25) is 11.3 Å². The average Bonchev–Trinajstić information content (AvgIpc) is 2.78. The van der Waals surface area contributed by atoms with E-state index in [4.69, 9.17) is 5.84 Å². The Morgan fingerprint density at radius 1 is 1.25 bits per heavy atom. The van der Waals surface area contributed by atoms with Crippen molar-refractivity contribution >= 4 is 0 Å². The molecule has 0 amide bonds. The lowest BCUT2D eigenvalue weighted by atomic mass is 9.92. The Morgan fingerprint density at radius 3 is 2.40 bits per heavy atom. The molecule has 20 heavy (non-hydrogen) atoms. The van der Waals surface area contributed by atoms with Gasteiger partial charge in [0.1, 0.15) is 5.82 Å². The standard InChI is InChI=1S/C16H24N4/c1-11-9-12(2)16(13(3)10-11)14(19-17)5-6-15-18-7-8-20(15)4/h7-10,14,19H,5-6,17H2,1-4H3. The van der Waals surface area contributed by atoms with E-state index in [2.05, 4.69) is 47.9 Å². The van der Waals surface area contributed by atoms with Crippen LogP contribution in [0.25, 0.3) is 0 Å². The number of nitrogens with zero attached hydrogens (tertiary/aromatic N) is 2. The van der Waals surface area contributed by atoms with E-state index in [1.807, 2.05) is 19.4 Å². The molecule has 1 heterocycles. The highest BCUT2D eigenvalue weighted by Crippen LogP contribution is 2.26. The number of hydrogen-bond acceptors (Lipinski definition) is 3. The molecular formula is C16H24N4. The molecule has 0 aliphatic carbocycles. The predicted octanol–water partition coefficient (Wildman–Crippen LogP) is 2.48. The average molecular weight is 272 g/mol. The van der Waals surface area contributed by atoms with E-state index in [9.17, 15) is 0 Å². The van der Waals surface area contributed by atoms with Gasteiger partial charge < -0.3 is 4.57 Å². The van der Waals surface area contributed by atoms with Gasteiger partial charge in [0, 0.05) is 31.9 Å². The molecule has 2 aromatic rings. The van der Waals surface area contributed by atoms with E-state index in [0.717, 1.165) is 18.7 Å². The second-order valence-electron chi connectivity index (χ2n) is 5.52. The Kier molecular flexibility index (Phi) is 4.57. The van der Waals surface area contributed by atoms with Crippen molar-refractivity contribution in [2.24, 2.45) is 12.9 Å². The van der Waals surface area contributed by atoms with Crippen LogP contribution in [0.4, 0.5) is 0 Å². The lowest BCUT2D eigenvalue weighted by molar-refractivity contribution is 0.502. The third-order valence-electron chi connectivity index (χ3n) is 3.87. The maximum Gasteiger partial charge on any atom is 0.108 e. The van der Waals surface area contributed by atoms with E-state index in [1.165, 1.54) is 22.3 Å². The smallest absolute Gasteiger partial charge is 0.108 e. The van der Waals surface area contributed by atoms with Gasteiger partial charge in [0.15, 0.2) is 0 Å². The maximum atomic E-state index is 5.78. The van der Waals surface area contributed by atoms with E-state index < -0.39 is 0 Å². The number of aryl methyl sites for hydroxylation is 5. The first-order chi connectivity index (χ1) is 9.52. The van der Waals surface area contributed by atoms with Gasteiger partial charge in [-0.25, -0.2) is 4.98 Å². The summed E-state index contributed by atoms with van der Waals surface area (Å²) < 4.78 is 2.06. The van der Waals surface area contributed by atoms with Gasteiger partial charge in [-0.2, -0.15) is 0 Å². The molecule has 2 rings (SSSR count). The van der Waals surface area contributed by atoms with Gasteiger partial charge in [-0.15, -0.1) is 0 Å². The minimum Gasteiger partial charge on any atom is -0.338 e. The van der Waals surface area contributed by atoms with Crippen molar-refractivity contribution in [1.29, 1.82) is 0 Å². The van der Waals surface area contributed by atoms with Gasteiger partial charge >= 0.3 is 0 Å². The molecular weight excluding hydrogens is 248 g/mol. The Hall–Kier alpha value is -1.65. The monoisotopic (exact) mass is 272 g/mol. The molecule has 1 aromatic carbocycles. The minimum atomic E-state index is 0.160. The molecule has 3 N–H and O–H groups in total.